The molecule has 3 aromatic rings. The summed E-state index contributed by atoms with van der Waals surface area (Å²) in [6, 6.07) is 19.2. The van der Waals surface area contributed by atoms with Crippen LogP contribution in [0.5, 0.6) is 5.75 Å². The van der Waals surface area contributed by atoms with E-state index in [4.69, 9.17) is 4.74 Å². The van der Waals surface area contributed by atoms with Crippen LogP contribution in [0.15, 0.2) is 75.2 Å². The van der Waals surface area contributed by atoms with Crippen molar-refractivity contribution >= 4 is 32.8 Å². The Bertz CT molecular complexity index is 1060. The van der Waals surface area contributed by atoms with Crippen molar-refractivity contribution in [3.05, 3.63) is 77.2 Å². The predicted octanol–water partition coefficient (Wildman–Crippen LogP) is 3.64. The third kappa shape index (κ3) is 4.11. The molecule has 150 valence electrons. The Morgan fingerprint density at radius 2 is 1.52 bits per heavy atom. The highest BCUT2D eigenvalue weighted by atomic mass is 32.2. The van der Waals surface area contributed by atoms with Crippen LogP contribution in [0.1, 0.15) is 11.1 Å². The molecule has 1 aliphatic rings. The zero-order chi connectivity index (χ0) is 20.3. The molecule has 1 aromatic heterocycles. The van der Waals surface area contributed by atoms with E-state index >= 15 is 0 Å². The summed E-state index contributed by atoms with van der Waals surface area (Å²) in [5.41, 5.74) is 2.66. The highest BCUT2D eigenvalue weighted by molar-refractivity contribution is 7.91. The molecule has 2 aromatic carbocycles. The van der Waals surface area contributed by atoms with Gasteiger partial charge in [0.05, 0.1) is 18.9 Å². The van der Waals surface area contributed by atoms with Gasteiger partial charge in [-0.25, -0.2) is 13.4 Å². The van der Waals surface area contributed by atoms with Gasteiger partial charge in [0.2, 0.25) is 0 Å². The van der Waals surface area contributed by atoms with Crippen molar-refractivity contribution in [2.45, 2.75) is 4.21 Å². The van der Waals surface area contributed by atoms with Crippen LogP contribution in [-0.2, 0) is 14.8 Å². The van der Waals surface area contributed by atoms with Crippen LogP contribution in [0.2, 0.25) is 0 Å². The van der Waals surface area contributed by atoms with E-state index in [1.807, 2.05) is 60.7 Å². The Morgan fingerprint density at radius 3 is 2.07 bits per heavy atom. The minimum atomic E-state index is -3.78. The molecule has 1 saturated heterocycles. The largest absolute Gasteiger partial charge is 0.504 e. The summed E-state index contributed by atoms with van der Waals surface area (Å²) in [7, 11) is -3.78. The molecular formula is C21H20N2O4S2. The number of ether oxygens (including phenoxy) is 1. The van der Waals surface area contributed by atoms with Crippen molar-refractivity contribution in [2.24, 2.45) is 4.99 Å². The quantitative estimate of drug-likeness (QED) is 0.629. The van der Waals surface area contributed by atoms with Crippen LogP contribution in [-0.4, -0.2) is 49.8 Å². The third-order valence-corrected chi connectivity index (χ3v) is 7.96. The van der Waals surface area contributed by atoms with Gasteiger partial charge in [0.25, 0.3) is 10.0 Å². The first kappa shape index (κ1) is 19.8. The van der Waals surface area contributed by atoms with Gasteiger partial charge in [-0.3, -0.25) is 0 Å². The van der Waals surface area contributed by atoms with Gasteiger partial charge in [-0.05, 0) is 0 Å². The minimum Gasteiger partial charge on any atom is -0.504 e. The van der Waals surface area contributed by atoms with Gasteiger partial charge in [0.1, 0.15) is 5.69 Å². The maximum absolute atomic E-state index is 12.9. The summed E-state index contributed by atoms with van der Waals surface area (Å²) >= 11 is 0.982. The fourth-order valence-electron chi connectivity index (χ4n) is 3.10. The van der Waals surface area contributed by atoms with Crippen molar-refractivity contribution in [1.82, 2.24) is 4.31 Å². The van der Waals surface area contributed by atoms with Gasteiger partial charge in [-0.2, -0.15) is 4.31 Å². The molecular weight excluding hydrogens is 408 g/mol. The lowest BCUT2D eigenvalue weighted by atomic mass is 10.0. The van der Waals surface area contributed by atoms with Gasteiger partial charge in [-0.15, -0.1) is 11.3 Å². The molecule has 0 atom stereocenters. The number of sulfonamides is 1. The standard InChI is InChI=1S/C21H20N2O4S2/c24-20-18(15-28-21(20)29(25,26)23-11-13-27-14-12-23)22-19(16-7-3-1-4-8-16)17-9-5-2-6-10-17/h1-10,15,24H,11-14H2. The summed E-state index contributed by atoms with van der Waals surface area (Å²) in [6.07, 6.45) is 0. The number of hydrogen-bond acceptors (Lipinski definition) is 6. The fourth-order valence-corrected chi connectivity index (χ4v) is 5.86. The molecule has 1 fully saturated rings. The van der Waals surface area contributed by atoms with Gasteiger partial charge >= 0.3 is 0 Å². The molecule has 0 radical (unpaired) electrons. The molecule has 0 bridgehead atoms. The summed E-state index contributed by atoms with van der Waals surface area (Å²) < 4.78 is 32.3. The maximum Gasteiger partial charge on any atom is 0.256 e. The lowest BCUT2D eigenvalue weighted by molar-refractivity contribution is 0.0730. The maximum atomic E-state index is 12.9. The molecule has 8 heteroatoms. The number of aliphatic imine (C=N–C) groups is 1. The van der Waals surface area contributed by atoms with Crippen LogP contribution in [0, 0.1) is 0 Å². The highest BCUT2D eigenvalue weighted by Crippen LogP contribution is 2.41. The molecule has 0 aliphatic carbocycles. The van der Waals surface area contributed by atoms with Crippen LogP contribution >= 0.6 is 11.3 Å². The van der Waals surface area contributed by atoms with Gasteiger partial charge in [-0.1, -0.05) is 60.7 Å². The Kier molecular flexibility index (Phi) is 5.77. The molecule has 0 spiro atoms. The average Bonchev–Trinajstić information content (AvgIpc) is 3.15. The number of rotatable bonds is 5. The second-order valence-corrected chi connectivity index (χ2v) is 9.48. The van der Waals surface area contributed by atoms with Crippen molar-refractivity contribution in [1.29, 1.82) is 0 Å². The number of thiophene rings is 1. The number of hydrogen-bond donors (Lipinski definition) is 1. The Labute approximate surface area is 173 Å². The summed E-state index contributed by atoms with van der Waals surface area (Å²) in [5.74, 6) is -0.314. The van der Waals surface area contributed by atoms with Crippen LogP contribution in [0.4, 0.5) is 5.69 Å². The number of benzene rings is 2. The molecule has 1 N–H and O–H groups in total. The second kappa shape index (κ2) is 8.46. The van der Waals surface area contributed by atoms with E-state index in [0.717, 1.165) is 22.5 Å². The molecule has 4 rings (SSSR count). The molecule has 2 heterocycles. The fraction of sp³-hybridized carbons (Fsp3) is 0.190. The summed E-state index contributed by atoms with van der Waals surface area (Å²) in [6.45, 7) is 1.25. The lowest BCUT2D eigenvalue weighted by Gasteiger charge is -2.25. The smallest absolute Gasteiger partial charge is 0.256 e. The molecule has 29 heavy (non-hydrogen) atoms. The topological polar surface area (TPSA) is 79.2 Å². The Balaban J connectivity index is 1.77. The van der Waals surface area contributed by atoms with Crippen molar-refractivity contribution < 1.29 is 18.3 Å². The Hall–Kier alpha value is -2.52. The van der Waals surface area contributed by atoms with Gasteiger partial charge in [0, 0.05) is 29.6 Å². The van der Waals surface area contributed by atoms with Crippen LogP contribution in [0.3, 0.4) is 0 Å². The first-order chi connectivity index (χ1) is 14.1. The first-order valence-electron chi connectivity index (χ1n) is 9.15. The zero-order valence-corrected chi connectivity index (χ0v) is 17.2. The molecule has 1 aliphatic heterocycles. The van der Waals surface area contributed by atoms with E-state index in [-0.39, 0.29) is 28.7 Å². The third-order valence-electron chi connectivity index (χ3n) is 4.58. The average molecular weight is 429 g/mol. The molecule has 0 amide bonds. The molecule has 0 unspecified atom stereocenters. The van der Waals surface area contributed by atoms with Crippen molar-refractivity contribution in [3.8, 4) is 5.75 Å². The van der Waals surface area contributed by atoms with E-state index in [0.29, 0.717) is 18.9 Å². The number of nitrogens with zero attached hydrogens (tertiary/aromatic N) is 2. The lowest BCUT2D eigenvalue weighted by Crippen LogP contribution is -2.40. The number of morpholine rings is 1. The van der Waals surface area contributed by atoms with Crippen LogP contribution < -0.4 is 0 Å². The first-order valence-corrected chi connectivity index (χ1v) is 11.5. The Morgan fingerprint density at radius 1 is 0.966 bits per heavy atom. The molecule has 0 saturated carbocycles. The van der Waals surface area contributed by atoms with E-state index < -0.39 is 10.0 Å². The SMILES string of the molecule is O=S(=O)(c1scc(N=C(c2ccccc2)c2ccccc2)c1O)N1CCOCC1. The van der Waals surface area contributed by atoms with Crippen molar-refractivity contribution in [2.75, 3.05) is 26.3 Å². The van der Waals surface area contributed by atoms with Gasteiger partial charge < -0.3 is 9.84 Å². The van der Waals surface area contributed by atoms with Crippen LogP contribution in [0.25, 0.3) is 0 Å². The van der Waals surface area contributed by atoms with E-state index in [1.54, 1.807) is 5.38 Å². The highest BCUT2D eigenvalue weighted by Gasteiger charge is 2.31. The summed E-state index contributed by atoms with van der Waals surface area (Å²) in [5, 5.41) is 12.3. The monoisotopic (exact) mass is 428 g/mol. The van der Waals surface area contributed by atoms with E-state index in [1.165, 1.54) is 4.31 Å². The molecule has 6 nitrogen and oxygen atoms in total. The van der Waals surface area contributed by atoms with E-state index in [9.17, 15) is 13.5 Å². The summed E-state index contributed by atoms with van der Waals surface area (Å²) in [4.78, 5) is 4.65. The second-order valence-electron chi connectivity index (χ2n) is 6.47. The minimum absolute atomic E-state index is 0.0846. The normalized spacial score (nSPS) is 15.2. The predicted molar refractivity (Wildman–Crippen MR) is 114 cm³/mol. The van der Waals surface area contributed by atoms with Crippen molar-refractivity contribution in [3.63, 3.8) is 0 Å². The number of aromatic hydroxyl groups is 1. The van der Waals surface area contributed by atoms with Gasteiger partial charge in [0.15, 0.2) is 9.96 Å². The zero-order valence-electron chi connectivity index (χ0n) is 15.6. The van der Waals surface area contributed by atoms with E-state index in [2.05, 4.69) is 4.99 Å².